The van der Waals surface area contributed by atoms with Gasteiger partial charge in [0.1, 0.15) is 0 Å². The van der Waals surface area contributed by atoms with Gasteiger partial charge in [-0.15, -0.1) is 0 Å². The van der Waals surface area contributed by atoms with E-state index >= 15 is 0 Å². The van der Waals surface area contributed by atoms with Gasteiger partial charge in [0.15, 0.2) is 0 Å². The molecule has 0 heterocycles. The van der Waals surface area contributed by atoms with E-state index < -0.39 is 0 Å². The third kappa shape index (κ3) is 3.54. The van der Waals surface area contributed by atoms with Crippen molar-refractivity contribution in [2.45, 2.75) is 32.7 Å². The number of halogens is 3. The van der Waals surface area contributed by atoms with Crippen molar-refractivity contribution in [1.82, 2.24) is 0 Å². The number of benzene rings is 1. The molecule has 15 heavy (non-hydrogen) atoms. The lowest BCUT2D eigenvalue weighted by atomic mass is 10.2. The molecular weight excluding hydrogens is 297 g/mol. The first-order valence-electron chi connectivity index (χ1n) is 4.96. The zero-order valence-electron chi connectivity index (χ0n) is 8.78. The van der Waals surface area contributed by atoms with Crippen molar-refractivity contribution < 1.29 is 0 Å². The molecule has 0 aliphatic rings. The molecule has 84 valence electrons. The van der Waals surface area contributed by atoms with Gasteiger partial charge in [-0.3, -0.25) is 0 Å². The molecule has 4 heteroatoms. The Morgan fingerprint density at radius 2 is 2.00 bits per heavy atom. The fourth-order valence-corrected chi connectivity index (χ4v) is 2.24. The predicted molar refractivity (Wildman–Crippen MR) is 72.2 cm³/mol. The van der Waals surface area contributed by atoms with Gasteiger partial charge < -0.3 is 5.32 Å². The van der Waals surface area contributed by atoms with Crippen LogP contribution in [0.15, 0.2) is 16.6 Å². The van der Waals surface area contributed by atoms with Crippen molar-refractivity contribution in [1.29, 1.82) is 0 Å². The van der Waals surface area contributed by atoms with Crippen molar-refractivity contribution >= 4 is 44.8 Å². The summed E-state index contributed by atoms with van der Waals surface area (Å²) in [6, 6.07) is 4.24. The average Bonchev–Trinajstić information content (AvgIpc) is 2.20. The molecule has 0 aromatic heterocycles. The normalized spacial score (nSPS) is 12.6. The fourth-order valence-electron chi connectivity index (χ4n) is 1.41. The summed E-state index contributed by atoms with van der Waals surface area (Å²) >= 11 is 15.5. The van der Waals surface area contributed by atoms with Gasteiger partial charge in [-0.1, -0.05) is 36.5 Å². The summed E-state index contributed by atoms with van der Waals surface area (Å²) in [5.41, 5.74) is 0.894. The first-order valence-corrected chi connectivity index (χ1v) is 6.51. The van der Waals surface area contributed by atoms with Crippen LogP contribution in [0.1, 0.15) is 26.7 Å². The number of hydrogen-bond acceptors (Lipinski definition) is 1. The Labute approximate surface area is 109 Å². The first kappa shape index (κ1) is 13.1. The zero-order chi connectivity index (χ0) is 11.4. The molecule has 1 aromatic rings. The molecule has 0 aliphatic carbocycles. The minimum atomic E-state index is 0.407. The predicted octanol–water partition coefficient (Wildman–Crippen LogP) is 5.36. The lowest BCUT2D eigenvalue weighted by Crippen LogP contribution is -2.14. The standard InChI is InChI=1S/C11H14BrCl2N/c1-3-4-7(2)15-9-6-5-8(12)10(13)11(9)14/h5-7,15H,3-4H2,1-2H3. The van der Waals surface area contributed by atoms with E-state index in [-0.39, 0.29) is 0 Å². The molecule has 0 aliphatic heterocycles. The van der Waals surface area contributed by atoms with E-state index in [2.05, 4.69) is 35.1 Å². The molecule has 1 atom stereocenters. The summed E-state index contributed by atoms with van der Waals surface area (Å²) in [5.74, 6) is 0. The second-order valence-electron chi connectivity index (χ2n) is 3.56. The van der Waals surface area contributed by atoms with Crippen LogP contribution in [0.5, 0.6) is 0 Å². The monoisotopic (exact) mass is 309 g/mol. The second kappa shape index (κ2) is 5.97. The Morgan fingerprint density at radius 3 is 2.60 bits per heavy atom. The van der Waals surface area contributed by atoms with Crippen LogP contribution in [0.2, 0.25) is 10.0 Å². The minimum absolute atomic E-state index is 0.407. The molecule has 0 radical (unpaired) electrons. The largest absolute Gasteiger partial charge is 0.381 e. The van der Waals surface area contributed by atoms with Crippen LogP contribution in [0, 0.1) is 0 Å². The van der Waals surface area contributed by atoms with Crippen molar-refractivity contribution in [2.75, 3.05) is 5.32 Å². The van der Waals surface area contributed by atoms with E-state index in [1.165, 1.54) is 0 Å². The molecule has 1 N–H and O–H groups in total. The smallest absolute Gasteiger partial charge is 0.0835 e. The number of anilines is 1. The summed E-state index contributed by atoms with van der Waals surface area (Å²) in [5, 5.41) is 4.48. The highest BCUT2D eigenvalue weighted by molar-refractivity contribution is 9.10. The summed E-state index contributed by atoms with van der Waals surface area (Å²) in [7, 11) is 0. The molecule has 1 nitrogen and oxygen atoms in total. The Bertz CT molecular complexity index is 342. The van der Waals surface area contributed by atoms with Gasteiger partial charge in [0.2, 0.25) is 0 Å². The van der Waals surface area contributed by atoms with Gasteiger partial charge in [-0.2, -0.15) is 0 Å². The Morgan fingerprint density at radius 1 is 1.33 bits per heavy atom. The Kier molecular flexibility index (Phi) is 5.24. The van der Waals surface area contributed by atoms with Gasteiger partial charge >= 0.3 is 0 Å². The lowest BCUT2D eigenvalue weighted by Gasteiger charge is -2.16. The number of hydrogen-bond donors (Lipinski definition) is 1. The van der Waals surface area contributed by atoms with Crippen LogP contribution in [0.4, 0.5) is 5.69 Å². The van der Waals surface area contributed by atoms with Crippen molar-refractivity contribution in [3.05, 3.63) is 26.7 Å². The van der Waals surface area contributed by atoms with Crippen molar-refractivity contribution in [3.63, 3.8) is 0 Å². The molecule has 1 rings (SSSR count). The average molecular weight is 311 g/mol. The molecule has 0 fully saturated rings. The second-order valence-corrected chi connectivity index (χ2v) is 5.17. The van der Waals surface area contributed by atoms with Crippen LogP contribution < -0.4 is 5.32 Å². The van der Waals surface area contributed by atoms with Crippen molar-refractivity contribution in [2.24, 2.45) is 0 Å². The van der Waals surface area contributed by atoms with Crippen LogP contribution in [-0.4, -0.2) is 6.04 Å². The number of nitrogens with one attached hydrogen (secondary N) is 1. The molecule has 0 spiro atoms. The Hall–Kier alpha value is 0.0800. The van der Waals surface area contributed by atoms with Gasteiger partial charge in [-0.05, 0) is 41.4 Å². The molecule has 0 bridgehead atoms. The van der Waals surface area contributed by atoms with Gasteiger partial charge in [0.05, 0.1) is 15.7 Å². The van der Waals surface area contributed by atoms with E-state index in [4.69, 9.17) is 23.2 Å². The Balaban J connectivity index is 2.82. The first-order chi connectivity index (χ1) is 7.06. The minimum Gasteiger partial charge on any atom is -0.381 e. The van der Waals surface area contributed by atoms with E-state index in [0.717, 1.165) is 23.0 Å². The molecule has 0 saturated carbocycles. The van der Waals surface area contributed by atoms with Crippen LogP contribution in [0.3, 0.4) is 0 Å². The maximum atomic E-state index is 6.12. The third-order valence-electron chi connectivity index (χ3n) is 2.16. The maximum Gasteiger partial charge on any atom is 0.0835 e. The van der Waals surface area contributed by atoms with E-state index in [9.17, 15) is 0 Å². The molecule has 1 aromatic carbocycles. The summed E-state index contributed by atoms with van der Waals surface area (Å²) in [4.78, 5) is 0. The fraction of sp³-hybridized carbons (Fsp3) is 0.455. The van der Waals surface area contributed by atoms with E-state index in [1.54, 1.807) is 0 Å². The van der Waals surface area contributed by atoms with Crippen LogP contribution >= 0.6 is 39.1 Å². The summed E-state index contributed by atoms with van der Waals surface area (Å²) in [6.07, 6.45) is 2.26. The highest BCUT2D eigenvalue weighted by atomic mass is 79.9. The third-order valence-corrected chi connectivity index (χ3v) is 3.93. The van der Waals surface area contributed by atoms with E-state index in [0.29, 0.717) is 16.1 Å². The zero-order valence-corrected chi connectivity index (χ0v) is 11.9. The highest BCUT2D eigenvalue weighted by Crippen LogP contribution is 2.36. The molecule has 1 unspecified atom stereocenters. The van der Waals surface area contributed by atoms with Gasteiger partial charge in [0.25, 0.3) is 0 Å². The maximum absolute atomic E-state index is 6.12. The van der Waals surface area contributed by atoms with Crippen LogP contribution in [-0.2, 0) is 0 Å². The highest BCUT2D eigenvalue weighted by Gasteiger charge is 2.09. The van der Waals surface area contributed by atoms with E-state index in [1.807, 2.05) is 12.1 Å². The van der Waals surface area contributed by atoms with Crippen LogP contribution in [0.25, 0.3) is 0 Å². The summed E-state index contributed by atoms with van der Waals surface area (Å²) in [6.45, 7) is 4.30. The van der Waals surface area contributed by atoms with Crippen molar-refractivity contribution in [3.8, 4) is 0 Å². The molecule has 0 amide bonds. The summed E-state index contributed by atoms with van der Waals surface area (Å²) < 4.78 is 0.822. The topological polar surface area (TPSA) is 12.0 Å². The van der Waals surface area contributed by atoms with Gasteiger partial charge in [0, 0.05) is 10.5 Å². The molecular formula is C11H14BrCl2N. The number of rotatable bonds is 4. The molecule has 0 saturated heterocycles. The quantitative estimate of drug-likeness (QED) is 0.738. The lowest BCUT2D eigenvalue weighted by molar-refractivity contribution is 0.690. The SMILES string of the molecule is CCCC(C)Nc1ccc(Br)c(Cl)c1Cl. The van der Waals surface area contributed by atoms with Gasteiger partial charge in [-0.25, -0.2) is 0 Å².